The van der Waals surface area contributed by atoms with Gasteiger partial charge in [-0.2, -0.15) is 0 Å². The fourth-order valence-electron chi connectivity index (χ4n) is 5.19. The maximum absolute atomic E-state index is 12.0. The zero-order valence-electron chi connectivity index (χ0n) is 27.1. The summed E-state index contributed by atoms with van der Waals surface area (Å²) in [6.45, 7) is 2.23. The Morgan fingerprint density at radius 1 is 0.915 bits per heavy atom. The average molecular weight is 705 g/mol. The molecule has 4 rings (SSSR count). The van der Waals surface area contributed by atoms with E-state index >= 15 is 0 Å². The first-order valence-electron chi connectivity index (χ1n) is 15.1. The van der Waals surface area contributed by atoms with Gasteiger partial charge >= 0.3 is 0 Å². The van der Waals surface area contributed by atoms with E-state index in [2.05, 4.69) is 12.0 Å². The zero-order valence-corrected chi connectivity index (χ0v) is 29.4. The zero-order chi connectivity index (χ0) is 33.9. The van der Waals surface area contributed by atoms with Crippen molar-refractivity contribution >= 4 is 40.9 Å². The van der Waals surface area contributed by atoms with E-state index in [9.17, 15) is 10.0 Å². The maximum Gasteiger partial charge on any atom is 0.258 e. The number of benzene rings is 3. The number of halogens is 2. The number of ether oxygens (including phenoxy) is 6. The first-order valence-corrected chi connectivity index (χ1v) is 16.8. The van der Waals surface area contributed by atoms with Crippen molar-refractivity contribution in [1.29, 1.82) is 0 Å². The molecule has 1 amide bonds. The van der Waals surface area contributed by atoms with Gasteiger partial charge < -0.3 is 28.4 Å². The molecule has 1 fully saturated rings. The SMILES string of the molecule is CCCC(=O)N(O)C#CCc1cc(C2CCC(c3cc(OC)c(OC)c(OC)c3)O2)cc(OC)c1OCCSc1ccc(Cl)c(Cl)c1. The molecule has 3 aromatic rings. The number of nitrogens with zero attached hydrogens (tertiary/aromatic N) is 1. The highest BCUT2D eigenvalue weighted by molar-refractivity contribution is 7.99. The van der Waals surface area contributed by atoms with Gasteiger partial charge in [0.1, 0.15) is 0 Å². The van der Waals surface area contributed by atoms with E-state index in [4.69, 9.17) is 51.6 Å². The molecule has 252 valence electrons. The number of amides is 1. The third-order valence-corrected chi connectivity index (χ3v) is 9.17. The van der Waals surface area contributed by atoms with E-state index in [-0.39, 0.29) is 25.0 Å². The van der Waals surface area contributed by atoms with Gasteiger partial charge in [0.2, 0.25) is 5.75 Å². The smallest absolute Gasteiger partial charge is 0.258 e. The predicted octanol–water partition coefficient (Wildman–Crippen LogP) is 8.31. The molecule has 0 radical (unpaired) electrons. The number of rotatable bonds is 14. The maximum atomic E-state index is 12.0. The van der Waals surface area contributed by atoms with Crippen molar-refractivity contribution in [2.24, 2.45) is 0 Å². The summed E-state index contributed by atoms with van der Waals surface area (Å²) in [6, 6.07) is 15.7. The van der Waals surface area contributed by atoms with Crippen molar-refractivity contribution in [3.05, 3.63) is 69.2 Å². The molecule has 2 unspecified atom stereocenters. The largest absolute Gasteiger partial charge is 0.493 e. The Labute approximate surface area is 290 Å². The Hall–Kier alpha value is -3.46. The van der Waals surface area contributed by atoms with E-state index in [1.807, 2.05) is 43.3 Å². The van der Waals surface area contributed by atoms with Gasteiger partial charge in [-0.15, -0.1) is 16.8 Å². The molecule has 0 aliphatic carbocycles. The van der Waals surface area contributed by atoms with Crippen molar-refractivity contribution in [3.63, 3.8) is 0 Å². The van der Waals surface area contributed by atoms with Crippen molar-refractivity contribution in [1.82, 2.24) is 5.06 Å². The molecule has 0 spiro atoms. The van der Waals surface area contributed by atoms with Crippen LogP contribution in [0.4, 0.5) is 0 Å². The van der Waals surface area contributed by atoms with Crippen molar-refractivity contribution < 1.29 is 38.4 Å². The Morgan fingerprint density at radius 3 is 2.11 bits per heavy atom. The molecule has 1 aliphatic heterocycles. The number of hydroxylamine groups is 2. The van der Waals surface area contributed by atoms with Gasteiger partial charge in [-0.25, -0.2) is 0 Å². The lowest BCUT2D eigenvalue weighted by atomic mass is 9.99. The van der Waals surface area contributed by atoms with Gasteiger partial charge in [0.25, 0.3) is 5.91 Å². The van der Waals surface area contributed by atoms with Crippen molar-refractivity contribution in [2.45, 2.75) is 56.1 Å². The minimum atomic E-state index is -0.459. The van der Waals surface area contributed by atoms with Crippen LogP contribution in [0.3, 0.4) is 0 Å². The van der Waals surface area contributed by atoms with Crippen LogP contribution in [0.1, 0.15) is 61.5 Å². The number of methoxy groups -OCH3 is 4. The number of thioether (sulfide) groups is 1. The van der Waals surface area contributed by atoms with Crippen molar-refractivity contribution in [2.75, 3.05) is 40.8 Å². The molecule has 12 heteroatoms. The Morgan fingerprint density at radius 2 is 1.53 bits per heavy atom. The summed E-state index contributed by atoms with van der Waals surface area (Å²) < 4.78 is 35.2. The van der Waals surface area contributed by atoms with Gasteiger partial charge in [0, 0.05) is 35.1 Å². The van der Waals surface area contributed by atoms with Gasteiger partial charge in [0.05, 0.1) is 57.3 Å². The number of hydrogen-bond donors (Lipinski definition) is 1. The summed E-state index contributed by atoms with van der Waals surface area (Å²) >= 11 is 13.8. The van der Waals surface area contributed by atoms with E-state index in [0.29, 0.717) is 62.6 Å². The molecule has 0 aromatic heterocycles. The van der Waals surface area contributed by atoms with E-state index in [1.54, 1.807) is 46.3 Å². The van der Waals surface area contributed by atoms with Crippen LogP contribution in [0.15, 0.2) is 47.4 Å². The van der Waals surface area contributed by atoms with Gasteiger partial charge in [-0.3, -0.25) is 10.0 Å². The van der Waals surface area contributed by atoms with E-state index in [0.717, 1.165) is 34.4 Å². The van der Waals surface area contributed by atoms with Crippen LogP contribution in [0.5, 0.6) is 28.7 Å². The molecule has 47 heavy (non-hydrogen) atoms. The second-order valence-corrected chi connectivity index (χ2v) is 12.5. The number of hydrogen-bond acceptors (Lipinski definition) is 9. The first kappa shape index (κ1) is 36.4. The molecule has 1 aliphatic rings. The standard InChI is InChI=1S/C35H39Cl2NO8S/c1-6-8-33(39)38(40)14-7-9-22-17-23(18-30(41-2)34(22)45-15-16-47-25-10-11-26(36)27(37)21-25)28-12-13-29(46-28)24-19-31(42-3)35(44-5)32(20-24)43-4/h10-11,17-21,28-29,40H,6,8-9,12-13,15-16H2,1-5H3. The van der Waals surface area contributed by atoms with Crippen LogP contribution < -0.4 is 23.7 Å². The van der Waals surface area contributed by atoms with Gasteiger partial charge in [-0.1, -0.05) is 36.0 Å². The molecule has 2 atom stereocenters. The third-order valence-electron chi connectivity index (χ3n) is 7.48. The summed E-state index contributed by atoms with van der Waals surface area (Å²) in [5.74, 6) is 5.78. The fourth-order valence-corrected chi connectivity index (χ4v) is 6.32. The summed E-state index contributed by atoms with van der Waals surface area (Å²) in [5.41, 5.74) is 2.55. The molecular weight excluding hydrogens is 665 g/mol. The Balaban J connectivity index is 1.57. The molecular formula is C35H39Cl2NO8S. The predicted molar refractivity (Wildman–Crippen MR) is 183 cm³/mol. The number of carbonyl (C=O) groups is 1. The van der Waals surface area contributed by atoms with Crippen molar-refractivity contribution in [3.8, 4) is 40.7 Å². The molecule has 3 aromatic carbocycles. The van der Waals surface area contributed by atoms with Crippen LogP contribution >= 0.6 is 35.0 Å². The highest BCUT2D eigenvalue weighted by atomic mass is 35.5. The quantitative estimate of drug-likeness (QED) is 0.0444. The van der Waals surface area contributed by atoms with E-state index in [1.165, 1.54) is 0 Å². The minimum absolute atomic E-state index is 0.193. The molecule has 1 heterocycles. The monoisotopic (exact) mass is 703 g/mol. The summed E-state index contributed by atoms with van der Waals surface area (Å²) in [7, 11) is 6.32. The lowest BCUT2D eigenvalue weighted by molar-refractivity contribution is -0.151. The summed E-state index contributed by atoms with van der Waals surface area (Å²) in [6.07, 6.45) is 2.08. The first-order chi connectivity index (χ1) is 22.7. The van der Waals surface area contributed by atoms with Crippen LogP contribution in [0.2, 0.25) is 10.0 Å². The number of carbonyl (C=O) groups excluding carboxylic acids is 1. The minimum Gasteiger partial charge on any atom is -0.493 e. The third kappa shape index (κ3) is 9.34. The van der Waals surface area contributed by atoms with Crippen LogP contribution in [0, 0.1) is 12.0 Å². The lowest BCUT2D eigenvalue weighted by Gasteiger charge is -2.20. The topological polar surface area (TPSA) is 95.9 Å². The Bertz CT molecular complexity index is 1580. The summed E-state index contributed by atoms with van der Waals surface area (Å²) in [5, 5.41) is 11.5. The van der Waals surface area contributed by atoms with Crippen LogP contribution in [-0.2, 0) is 16.0 Å². The fraction of sp³-hybridized carbons (Fsp3) is 0.400. The Kier molecular flexibility index (Phi) is 13.6. The normalized spacial score (nSPS) is 15.4. The van der Waals surface area contributed by atoms with Crippen LogP contribution in [-0.4, -0.2) is 57.0 Å². The average Bonchev–Trinajstić information content (AvgIpc) is 3.58. The molecule has 1 saturated heterocycles. The van der Waals surface area contributed by atoms with E-state index < -0.39 is 5.91 Å². The molecule has 9 nitrogen and oxygen atoms in total. The van der Waals surface area contributed by atoms with Gasteiger partial charge in [-0.05, 0) is 72.9 Å². The molecule has 0 saturated carbocycles. The highest BCUT2D eigenvalue weighted by Gasteiger charge is 2.31. The summed E-state index contributed by atoms with van der Waals surface area (Å²) in [4.78, 5) is 13.0. The molecule has 1 N–H and O–H groups in total. The van der Waals surface area contributed by atoms with Crippen LogP contribution in [0.25, 0.3) is 0 Å². The highest BCUT2D eigenvalue weighted by Crippen LogP contribution is 2.47. The second-order valence-electron chi connectivity index (χ2n) is 10.6. The second kappa shape index (κ2) is 17.6. The lowest BCUT2D eigenvalue weighted by Crippen LogP contribution is -2.21. The molecule has 0 bridgehead atoms. The van der Waals surface area contributed by atoms with Gasteiger partial charge in [0.15, 0.2) is 23.0 Å².